The number of nitrogens with zero attached hydrogens (tertiary/aromatic N) is 2. The van der Waals surface area contributed by atoms with E-state index in [2.05, 4.69) is 49.2 Å². The van der Waals surface area contributed by atoms with Gasteiger partial charge in [-0.3, -0.25) is 9.69 Å². The highest BCUT2D eigenvalue weighted by Crippen LogP contribution is 2.26. The monoisotopic (exact) mass is 395 g/mol. The van der Waals surface area contributed by atoms with E-state index in [1.54, 1.807) is 0 Å². The van der Waals surface area contributed by atoms with Crippen molar-refractivity contribution in [3.8, 4) is 5.75 Å². The molecule has 1 aliphatic rings. The second-order valence-electron chi connectivity index (χ2n) is 7.89. The van der Waals surface area contributed by atoms with Crippen LogP contribution >= 0.6 is 0 Å². The third-order valence-electron chi connectivity index (χ3n) is 5.45. The van der Waals surface area contributed by atoms with Gasteiger partial charge in [-0.1, -0.05) is 36.4 Å². The van der Waals surface area contributed by atoms with Crippen molar-refractivity contribution in [2.24, 2.45) is 0 Å². The SMILES string of the molecule is Cc1cccc2c1N(C(=O)COc1ccccc1)CCCN(C(C)C)CCNC2. The van der Waals surface area contributed by atoms with E-state index in [1.165, 1.54) is 0 Å². The van der Waals surface area contributed by atoms with Gasteiger partial charge in [-0.05, 0) is 50.5 Å². The van der Waals surface area contributed by atoms with Gasteiger partial charge >= 0.3 is 0 Å². The van der Waals surface area contributed by atoms with Gasteiger partial charge in [-0.2, -0.15) is 0 Å². The zero-order valence-corrected chi connectivity index (χ0v) is 17.9. The fourth-order valence-corrected chi connectivity index (χ4v) is 3.86. The Morgan fingerprint density at radius 3 is 2.62 bits per heavy atom. The van der Waals surface area contributed by atoms with Gasteiger partial charge in [0, 0.05) is 38.8 Å². The zero-order chi connectivity index (χ0) is 20.6. The molecule has 0 radical (unpaired) electrons. The van der Waals surface area contributed by atoms with Gasteiger partial charge in [0.2, 0.25) is 0 Å². The van der Waals surface area contributed by atoms with Crippen LogP contribution in [-0.2, 0) is 11.3 Å². The van der Waals surface area contributed by atoms with Gasteiger partial charge in [-0.25, -0.2) is 0 Å². The molecule has 0 unspecified atom stereocenters. The molecule has 0 spiro atoms. The Kier molecular flexibility index (Phi) is 7.67. The Morgan fingerprint density at radius 1 is 1.07 bits per heavy atom. The number of hydrogen-bond donors (Lipinski definition) is 1. The first-order valence-electron chi connectivity index (χ1n) is 10.6. The second-order valence-corrected chi connectivity index (χ2v) is 7.89. The van der Waals surface area contributed by atoms with E-state index in [9.17, 15) is 4.79 Å². The third kappa shape index (κ3) is 5.81. The molecule has 2 aromatic carbocycles. The molecule has 0 aromatic heterocycles. The van der Waals surface area contributed by atoms with Crippen LogP contribution in [0.25, 0.3) is 0 Å². The molecule has 0 saturated carbocycles. The van der Waals surface area contributed by atoms with Gasteiger partial charge in [0.1, 0.15) is 5.75 Å². The van der Waals surface area contributed by atoms with Crippen molar-refractivity contribution in [3.63, 3.8) is 0 Å². The van der Waals surface area contributed by atoms with Gasteiger partial charge in [-0.15, -0.1) is 0 Å². The molecule has 2 aromatic rings. The molecule has 1 aliphatic heterocycles. The predicted octanol–water partition coefficient (Wildman–Crippen LogP) is 3.61. The predicted molar refractivity (Wildman–Crippen MR) is 119 cm³/mol. The van der Waals surface area contributed by atoms with Crippen LogP contribution in [0.1, 0.15) is 31.4 Å². The Morgan fingerprint density at radius 2 is 1.86 bits per heavy atom. The van der Waals surface area contributed by atoms with Gasteiger partial charge in [0.15, 0.2) is 6.61 Å². The molecule has 1 amide bonds. The number of para-hydroxylation sites is 2. The summed E-state index contributed by atoms with van der Waals surface area (Å²) in [6.45, 7) is 11.0. The van der Waals surface area contributed by atoms with Crippen LogP contribution in [0.3, 0.4) is 0 Å². The Labute approximate surface area is 174 Å². The molecule has 3 rings (SSSR count). The second kappa shape index (κ2) is 10.4. The normalized spacial score (nSPS) is 16.2. The van der Waals surface area contributed by atoms with Crippen molar-refractivity contribution in [2.45, 2.75) is 39.8 Å². The molecule has 0 bridgehead atoms. The first-order chi connectivity index (χ1) is 14.1. The zero-order valence-electron chi connectivity index (χ0n) is 17.9. The Bertz CT molecular complexity index is 792. The van der Waals surface area contributed by atoms with E-state index in [-0.39, 0.29) is 12.5 Å². The smallest absolute Gasteiger partial charge is 0.264 e. The molecule has 0 fully saturated rings. The minimum atomic E-state index is -0.000234. The number of carbonyl (C=O) groups is 1. The van der Waals surface area contributed by atoms with Crippen molar-refractivity contribution in [1.82, 2.24) is 10.2 Å². The van der Waals surface area contributed by atoms with Crippen LogP contribution in [0.5, 0.6) is 5.75 Å². The maximum absolute atomic E-state index is 13.2. The van der Waals surface area contributed by atoms with E-state index in [4.69, 9.17) is 4.74 Å². The lowest BCUT2D eigenvalue weighted by Crippen LogP contribution is -2.40. The van der Waals surface area contributed by atoms with Crippen LogP contribution < -0.4 is 15.0 Å². The highest BCUT2D eigenvalue weighted by Gasteiger charge is 2.22. The summed E-state index contributed by atoms with van der Waals surface area (Å²) < 4.78 is 5.77. The Balaban J connectivity index is 1.82. The maximum Gasteiger partial charge on any atom is 0.264 e. The molecular formula is C24H33N3O2. The minimum absolute atomic E-state index is 0.000234. The average Bonchev–Trinajstić information content (AvgIpc) is 2.76. The molecule has 0 aliphatic carbocycles. The Hall–Kier alpha value is -2.37. The molecule has 0 saturated heterocycles. The van der Waals surface area contributed by atoms with Crippen molar-refractivity contribution >= 4 is 11.6 Å². The summed E-state index contributed by atoms with van der Waals surface area (Å²) in [6.07, 6.45) is 0.934. The van der Waals surface area contributed by atoms with Crippen molar-refractivity contribution in [3.05, 3.63) is 59.7 Å². The van der Waals surface area contributed by atoms with E-state index in [1.807, 2.05) is 35.2 Å². The minimum Gasteiger partial charge on any atom is -0.484 e. The number of aryl methyl sites for hydroxylation is 1. The summed E-state index contributed by atoms with van der Waals surface area (Å²) in [7, 11) is 0. The molecule has 0 atom stereocenters. The lowest BCUT2D eigenvalue weighted by Gasteiger charge is -2.29. The van der Waals surface area contributed by atoms with Crippen LogP contribution in [0, 0.1) is 6.92 Å². The number of anilines is 1. The lowest BCUT2D eigenvalue weighted by molar-refractivity contribution is -0.120. The summed E-state index contributed by atoms with van der Waals surface area (Å²) in [4.78, 5) is 17.6. The first kappa shape index (κ1) is 21.3. The van der Waals surface area contributed by atoms with Gasteiger partial charge < -0.3 is 15.0 Å². The third-order valence-corrected chi connectivity index (χ3v) is 5.45. The van der Waals surface area contributed by atoms with Gasteiger partial charge in [0.25, 0.3) is 5.91 Å². The summed E-state index contributed by atoms with van der Waals surface area (Å²) in [5, 5.41) is 3.56. The van der Waals surface area contributed by atoms with Crippen LogP contribution in [0.2, 0.25) is 0 Å². The molecule has 1 heterocycles. The molecular weight excluding hydrogens is 362 g/mol. The van der Waals surface area contributed by atoms with E-state index < -0.39 is 0 Å². The van der Waals surface area contributed by atoms with Crippen molar-refractivity contribution in [2.75, 3.05) is 37.7 Å². The lowest BCUT2D eigenvalue weighted by atomic mass is 10.1. The molecule has 1 N–H and O–H groups in total. The number of benzene rings is 2. The van der Waals surface area contributed by atoms with Crippen LogP contribution in [-0.4, -0.2) is 49.6 Å². The number of hydrogen-bond acceptors (Lipinski definition) is 4. The van der Waals surface area contributed by atoms with E-state index in [0.717, 1.165) is 55.2 Å². The summed E-state index contributed by atoms with van der Waals surface area (Å²) in [5.74, 6) is 0.719. The number of amides is 1. The topological polar surface area (TPSA) is 44.8 Å². The van der Waals surface area contributed by atoms with Gasteiger partial charge in [0.05, 0.1) is 5.69 Å². The standard InChI is InChI=1S/C24H33N3O2/c1-19(2)26-14-8-15-27(23(28)18-29-22-11-5-4-6-12-22)24-20(3)9-7-10-21(24)17-25-13-16-26/h4-7,9-12,19,25H,8,13-18H2,1-3H3. The van der Waals surface area contributed by atoms with Crippen molar-refractivity contribution < 1.29 is 9.53 Å². The average molecular weight is 396 g/mol. The number of ether oxygens (including phenoxy) is 1. The molecule has 156 valence electrons. The molecule has 5 heteroatoms. The first-order valence-corrected chi connectivity index (χ1v) is 10.6. The highest BCUT2D eigenvalue weighted by molar-refractivity contribution is 5.96. The number of carbonyl (C=O) groups excluding carboxylic acids is 1. The van der Waals surface area contributed by atoms with Crippen molar-refractivity contribution in [1.29, 1.82) is 0 Å². The van der Waals surface area contributed by atoms with E-state index >= 15 is 0 Å². The van der Waals surface area contributed by atoms with E-state index in [0.29, 0.717) is 12.6 Å². The molecule has 29 heavy (non-hydrogen) atoms. The number of rotatable bonds is 4. The summed E-state index contributed by atoms with van der Waals surface area (Å²) in [6, 6.07) is 16.3. The largest absolute Gasteiger partial charge is 0.484 e. The molecule has 5 nitrogen and oxygen atoms in total. The summed E-state index contributed by atoms with van der Waals surface area (Å²) >= 11 is 0. The fourth-order valence-electron chi connectivity index (χ4n) is 3.86. The highest BCUT2D eigenvalue weighted by atomic mass is 16.5. The fraction of sp³-hybridized carbons (Fsp3) is 0.458. The number of nitrogens with one attached hydrogen (secondary N) is 1. The maximum atomic E-state index is 13.2. The summed E-state index contributed by atoms with van der Waals surface area (Å²) in [5.41, 5.74) is 3.31. The van der Waals surface area contributed by atoms with Crippen LogP contribution in [0.15, 0.2) is 48.5 Å². The number of fused-ring (bicyclic) bond motifs is 1. The van der Waals surface area contributed by atoms with Crippen LogP contribution in [0.4, 0.5) is 5.69 Å². The quantitative estimate of drug-likeness (QED) is 0.859.